The Morgan fingerprint density at radius 2 is 1.85 bits per heavy atom. The summed E-state index contributed by atoms with van der Waals surface area (Å²) in [6.07, 6.45) is 5.46. The highest BCUT2D eigenvalue weighted by Gasteiger charge is 2.10. The topological polar surface area (TPSA) is 51.2 Å². The molecule has 27 heavy (non-hydrogen) atoms. The summed E-state index contributed by atoms with van der Waals surface area (Å²) in [5.41, 5.74) is 2.52. The molecule has 0 atom stereocenters. The smallest absolute Gasteiger partial charge is 0.387 e. The fourth-order valence-corrected chi connectivity index (χ4v) is 2.39. The second-order valence-corrected chi connectivity index (χ2v) is 5.57. The van der Waals surface area contributed by atoms with Crippen molar-refractivity contribution in [2.75, 3.05) is 5.32 Å². The number of benzene rings is 2. The van der Waals surface area contributed by atoms with Gasteiger partial charge >= 0.3 is 6.61 Å². The second kappa shape index (κ2) is 8.71. The average molecular weight is 366 g/mol. The van der Waals surface area contributed by atoms with Crippen LogP contribution in [0.3, 0.4) is 0 Å². The number of anilines is 1. The van der Waals surface area contributed by atoms with E-state index in [1.807, 2.05) is 42.5 Å². The SMILES string of the molecule is O=C(Nc1cccc(/C=C/c2ccccn2)c1)c1cccc(OC(F)F)c1. The van der Waals surface area contributed by atoms with E-state index in [-0.39, 0.29) is 11.3 Å². The van der Waals surface area contributed by atoms with Crippen LogP contribution in [0.15, 0.2) is 72.9 Å². The van der Waals surface area contributed by atoms with Crippen molar-refractivity contribution in [3.8, 4) is 5.75 Å². The second-order valence-electron chi connectivity index (χ2n) is 5.57. The molecule has 4 nitrogen and oxygen atoms in total. The lowest BCUT2D eigenvalue weighted by Crippen LogP contribution is -2.12. The van der Waals surface area contributed by atoms with Gasteiger partial charge in [0.2, 0.25) is 0 Å². The summed E-state index contributed by atoms with van der Waals surface area (Å²) in [4.78, 5) is 16.6. The largest absolute Gasteiger partial charge is 0.435 e. The number of pyridine rings is 1. The van der Waals surface area contributed by atoms with Crippen molar-refractivity contribution in [1.29, 1.82) is 0 Å². The summed E-state index contributed by atoms with van der Waals surface area (Å²) in [7, 11) is 0. The minimum atomic E-state index is -2.94. The van der Waals surface area contributed by atoms with Crippen LogP contribution in [0.25, 0.3) is 12.2 Å². The third-order valence-electron chi connectivity index (χ3n) is 3.60. The van der Waals surface area contributed by atoms with E-state index in [4.69, 9.17) is 0 Å². The lowest BCUT2D eigenvalue weighted by molar-refractivity contribution is -0.0498. The zero-order valence-electron chi connectivity index (χ0n) is 14.2. The average Bonchev–Trinajstić information content (AvgIpc) is 2.67. The Kier molecular flexibility index (Phi) is 5.89. The lowest BCUT2D eigenvalue weighted by atomic mass is 10.1. The summed E-state index contributed by atoms with van der Waals surface area (Å²) in [6, 6.07) is 18.5. The summed E-state index contributed by atoms with van der Waals surface area (Å²) in [5, 5.41) is 2.75. The van der Waals surface area contributed by atoms with Gasteiger partial charge < -0.3 is 10.1 Å². The molecule has 0 unspecified atom stereocenters. The number of carbonyl (C=O) groups is 1. The van der Waals surface area contributed by atoms with Gasteiger partial charge in [-0.3, -0.25) is 9.78 Å². The zero-order valence-corrected chi connectivity index (χ0v) is 14.2. The van der Waals surface area contributed by atoms with E-state index >= 15 is 0 Å². The van der Waals surface area contributed by atoms with Gasteiger partial charge in [0, 0.05) is 17.4 Å². The molecule has 6 heteroatoms. The monoisotopic (exact) mass is 366 g/mol. The van der Waals surface area contributed by atoms with Crippen molar-refractivity contribution in [1.82, 2.24) is 4.98 Å². The fourth-order valence-electron chi connectivity index (χ4n) is 2.39. The highest BCUT2D eigenvalue weighted by Crippen LogP contribution is 2.18. The van der Waals surface area contributed by atoms with Gasteiger partial charge in [0.1, 0.15) is 5.75 Å². The summed E-state index contributed by atoms with van der Waals surface area (Å²) < 4.78 is 28.9. The number of hydrogen-bond acceptors (Lipinski definition) is 3. The molecule has 0 radical (unpaired) electrons. The predicted molar refractivity (Wildman–Crippen MR) is 101 cm³/mol. The van der Waals surface area contributed by atoms with Crippen LogP contribution in [-0.2, 0) is 0 Å². The molecule has 0 aliphatic rings. The van der Waals surface area contributed by atoms with Crippen LogP contribution >= 0.6 is 0 Å². The third kappa shape index (κ3) is 5.47. The molecular formula is C21H16F2N2O2. The molecule has 3 aromatic rings. The van der Waals surface area contributed by atoms with E-state index < -0.39 is 12.5 Å². The molecule has 0 saturated carbocycles. The molecule has 1 heterocycles. The van der Waals surface area contributed by atoms with Gasteiger partial charge in [0.25, 0.3) is 5.91 Å². The minimum Gasteiger partial charge on any atom is -0.435 e. The first-order valence-electron chi connectivity index (χ1n) is 8.15. The molecule has 0 bridgehead atoms. The van der Waals surface area contributed by atoms with E-state index in [9.17, 15) is 13.6 Å². The Hall–Kier alpha value is -3.54. The molecule has 1 amide bonds. The van der Waals surface area contributed by atoms with Gasteiger partial charge in [0.05, 0.1) is 5.69 Å². The highest BCUT2D eigenvalue weighted by molar-refractivity contribution is 6.04. The lowest BCUT2D eigenvalue weighted by Gasteiger charge is -2.08. The van der Waals surface area contributed by atoms with Gasteiger partial charge in [-0.1, -0.05) is 30.3 Å². The Morgan fingerprint density at radius 1 is 1.00 bits per heavy atom. The number of alkyl halides is 2. The van der Waals surface area contributed by atoms with Crippen LogP contribution in [0.1, 0.15) is 21.6 Å². The van der Waals surface area contributed by atoms with Crippen LogP contribution in [0.4, 0.5) is 14.5 Å². The number of rotatable bonds is 6. The van der Waals surface area contributed by atoms with Crippen LogP contribution < -0.4 is 10.1 Å². The van der Waals surface area contributed by atoms with Gasteiger partial charge in [0.15, 0.2) is 0 Å². The number of nitrogens with zero attached hydrogens (tertiary/aromatic N) is 1. The molecule has 1 aromatic heterocycles. The Labute approximate surface area is 155 Å². The van der Waals surface area contributed by atoms with Crippen molar-refractivity contribution in [2.24, 2.45) is 0 Å². The number of ether oxygens (including phenoxy) is 1. The Bertz CT molecular complexity index is 944. The highest BCUT2D eigenvalue weighted by atomic mass is 19.3. The summed E-state index contributed by atoms with van der Waals surface area (Å²) in [5.74, 6) is -0.481. The van der Waals surface area contributed by atoms with Gasteiger partial charge in [-0.15, -0.1) is 0 Å². The quantitative estimate of drug-likeness (QED) is 0.660. The molecule has 2 aromatic carbocycles. The van der Waals surface area contributed by atoms with Gasteiger partial charge in [-0.05, 0) is 54.1 Å². The first kappa shape index (κ1) is 18.3. The number of hydrogen-bond donors (Lipinski definition) is 1. The van der Waals surface area contributed by atoms with Gasteiger partial charge in [-0.25, -0.2) is 0 Å². The number of nitrogens with one attached hydrogen (secondary N) is 1. The standard InChI is InChI=1S/C21H16F2N2O2/c22-21(23)27-19-9-4-6-16(14-19)20(26)25-18-8-3-5-15(13-18)10-11-17-7-1-2-12-24-17/h1-14,21H,(H,25,26)/b11-10+. The molecule has 0 aliphatic heterocycles. The van der Waals surface area contributed by atoms with Crippen LogP contribution in [0.2, 0.25) is 0 Å². The molecule has 136 valence electrons. The van der Waals surface area contributed by atoms with Crippen molar-refractivity contribution in [2.45, 2.75) is 6.61 Å². The molecule has 0 saturated heterocycles. The van der Waals surface area contributed by atoms with Crippen molar-refractivity contribution in [3.05, 3.63) is 89.7 Å². The van der Waals surface area contributed by atoms with Crippen molar-refractivity contribution < 1.29 is 18.3 Å². The molecule has 0 fully saturated rings. The number of aromatic nitrogens is 1. The van der Waals surface area contributed by atoms with Crippen molar-refractivity contribution >= 4 is 23.7 Å². The first-order chi connectivity index (χ1) is 13.1. The van der Waals surface area contributed by atoms with E-state index in [1.54, 1.807) is 18.3 Å². The van der Waals surface area contributed by atoms with E-state index in [0.29, 0.717) is 5.69 Å². The molecule has 3 rings (SSSR count). The van der Waals surface area contributed by atoms with E-state index in [0.717, 1.165) is 11.3 Å². The summed E-state index contributed by atoms with van der Waals surface area (Å²) in [6.45, 7) is -2.94. The zero-order chi connectivity index (χ0) is 19.1. The predicted octanol–water partition coefficient (Wildman–Crippen LogP) is 5.11. The fraction of sp³-hybridized carbons (Fsp3) is 0.0476. The van der Waals surface area contributed by atoms with E-state index in [1.165, 1.54) is 24.3 Å². The van der Waals surface area contributed by atoms with Gasteiger partial charge in [-0.2, -0.15) is 8.78 Å². The molecule has 1 N–H and O–H groups in total. The normalized spacial score (nSPS) is 10.9. The Balaban J connectivity index is 1.70. The van der Waals surface area contributed by atoms with Crippen LogP contribution in [0, 0.1) is 0 Å². The number of halogens is 2. The number of amides is 1. The maximum Gasteiger partial charge on any atom is 0.387 e. The maximum atomic E-state index is 12.4. The maximum absolute atomic E-state index is 12.4. The molecule has 0 spiro atoms. The van der Waals surface area contributed by atoms with Crippen LogP contribution in [-0.4, -0.2) is 17.5 Å². The Morgan fingerprint density at radius 3 is 2.63 bits per heavy atom. The van der Waals surface area contributed by atoms with Crippen LogP contribution in [0.5, 0.6) is 5.75 Å². The minimum absolute atomic E-state index is 0.0651. The molecular weight excluding hydrogens is 350 g/mol. The van der Waals surface area contributed by atoms with Crippen molar-refractivity contribution in [3.63, 3.8) is 0 Å². The molecule has 0 aliphatic carbocycles. The number of carbonyl (C=O) groups excluding carboxylic acids is 1. The third-order valence-corrected chi connectivity index (χ3v) is 3.60. The first-order valence-corrected chi connectivity index (χ1v) is 8.15. The summed E-state index contributed by atoms with van der Waals surface area (Å²) >= 11 is 0. The van der Waals surface area contributed by atoms with E-state index in [2.05, 4.69) is 15.0 Å².